The minimum atomic E-state index is 0. The van der Waals surface area contributed by atoms with Gasteiger partial charge in [-0.15, -0.1) is 0 Å². The second-order valence-electron chi connectivity index (χ2n) is 0. The molecule has 0 aromatic rings. The van der Waals surface area contributed by atoms with E-state index in [1.54, 1.807) is 0 Å². The van der Waals surface area contributed by atoms with Crippen LogP contribution in [0, 0.1) is 107 Å². The Labute approximate surface area is 221 Å². The number of nitrogens with zero attached hydrogens (tertiary/aromatic N) is 7. The van der Waals surface area contributed by atoms with Gasteiger partial charge in [0.1, 0.15) is 0 Å². The van der Waals surface area contributed by atoms with Crippen molar-refractivity contribution in [3.63, 3.8) is 0 Å². The monoisotopic (exact) mass is 1050 g/mol. The molecular weight excluding hydrogens is 1050 g/mol. The van der Waals surface area contributed by atoms with Gasteiger partial charge in [0.05, 0.1) is 0 Å². The van der Waals surface area contributed by atoms with E-state index in [4.69, 9.17) is 0 Å². The van der Waals surface area contributed by atoms with Crippen molar-refractivity contribution in [2.75, 3.05) is 0 Å². The summed E-state index contributed by atoms with van der Waals surface area (Å²) >= 11 is 0. The number of hydrogen-bond donors (Lipinski definition) is 0. The molecule has 0 aliphatic rings. The van der Waals surface area contributed by atoms with Crippen molar-refractivity contribution in [3.8, 4) is 0 Å². The molecule has 0 aromatic heterocycles. The van der Waals surface area contributed by atoms with Gasteiger partial charge >= 0.3 is 184 Å². The molecular formula is Hf3La3N7. The van der Waals surface area contributed by atoms with Gasteiger partial charge in [-0.25, -0.2) is 0 Å². The molecule has 0 bridgehead atoms. The van der Waals surface area contributed by atoms with E-state index in [1.165, 1.54) is 0 Å². The Hall–Kier alpha value is 5.91. The van der Waals surface area contributed by atoms with Crippen molar-refractivity contribution in [2.45, 2.75) is 0 Å². The van der Waals surface area contributed by atoms with E-state index in [0.29, 0.717) is 0 Å². The molecule has 13 heavy (non-hydrogen) atoms. The van der Waals surface area contributed by atoms with E-state index in [0.717, 1.165) is 0 Å². The summed E-state index contributed by atoms with van der Waals surface area (Å²) in [5.74, 6) is 0. The first-order valence-electron chi connectivity index (χ1n) is 0. The Morgan fingerprint density at radius 1 is 0.231 bits per heavy atom. The van der Waals surface area contributed by atoms with Gasteiger partial charge in [-0.3, -0.25) is 0 Å². The molecule has 0 rings (SSSR count). The maximum Gasteiger partial charge on any atom is 4.00 e. The average molecular weight is 1050 g/mol. The maximum absolute atomic E-state index is 0. The summed E-state index contributed by atoms with van der Waals surface area (Å²) in [7, 11) is 0. The summed E-state index contributed by atoms with van der Waals surface area (Å²) in [5, 5.41) is 0. The predicted molar refractivity (Wildman–Crippen MR) is 23.5 cm³/mol. The van der Waals surface area contributed by atoms with E-state index >= 15 is 0 Å². The van der Waals surface area contributed by atoms with E-state index < -0.39 is 0 Å². The minimum absolute atomic E-state index is 0. The fourth-order valence-electron chi connectivity index (χ4n) is 0. The van der Waals surface area contributed by atoms with Crippen LogP contribution in [0.25, 0.3) is 43.1 Å². The van der Waals surface area contributed by atoms with Crippen LogP contribution in [-0.2, 0) is 77.5 Å². The number of hydrogen-bond acceptors (Lipinski definition) is 0. The first-order valence-corrected chi connectivity index (χ1v) is 0. The van der Waals surface area contributed by atoms with Crippen LogP contribution < -0.4 is 0 Å². The first kappa shape index (κ1) is 174. The van der Waals surface area contributed by atoms with Gasteiger partial charge in [-0.1, -0.05) is 0 Å². The second-order valence-corrected chi connectivity index (χ2v) is 0. The summed E-state index contributed by atoms with van der Waals surface area (Å²) < 4.78 is 0. The van der Waals surface area contributed by atoms with Crippen LogP contribution in [0.4, 0.5) is 0 Å². The maximum atomic E-state index is 0. The van der Waals surface area contributed by atoms with Crippen molar-refractivity contribution in [2.24, 2.45) is 0 Å². The summed E-state index contributed by atoms with van der Waals surface area (Å²) in [4.78, 5) is 0. The SMILES string of the molecule is [Hf+4].[Hf+4].[Hf+4].[La+3].[La+3].[La+3].[N-3].[N-3].[N-3].[N-3].[N-3].[N-3].[N-3]. The molecule has 0 aliphatic carbocycles. The Morgan fingerprint density at radius 2 is 0.231 bits per heavy atom. The Bertz CT molecular complexity index is 18.9. The molecule has 7 nitrogen and oxygen atoms in total. The molecule has 0 fully saturated rings. The van der Waals surface area contributed by atoms with Crippen molar-refractivity contribution in [1.82, 2.24) is 0 Å². The van der Waals surface area contributed by atoms with Gasteiger partial charge < -0.3 is 43.1 Å². The number of rotatable bonds is 0. The van der Waals surface area contributed by atoms with Crippen LogP contribution in [-0.4, -0.2) is 0 Å². The molecule has 0 aromatic carbocycles. The van der Waals surface area contributed by atoms with Gasteiger partial charge in [0, 0.05) is 0 Å². The molecule has 0 unspecified atom stereocenters. The Morgan fingerprint density at radius 3 is 0.231 bits per heavy atom. The zero-order valence-electron chi connectivity index (χ0n) is 6.36. The smallest absolute Gasteiger partial charge is 3.00 e. The molecule has 0 heterocycles. The third kappa shape index (κ3) is 130. The van der Waals surface area contributed by atoms with Crippen molar-refractivity contribution in [1.29, 1.82) is 0 Å². The summed E-state index contributed by atoms with van der Waals surface area (Å²) in [6.45, 7) is 0. The first-order chi connectivity index (χ1) is 0. The third-order valence-electron chi connectivity index (χ3n) is 0. The molecule has 0 spiro atoms. The normalized spacial score (nSPS) is 0. The second kappa shape index (κ2) is 147. The Balaban J connectivity index is 0. The average Bonchev–Trinajstić information content (AvgIpc) is 0. The Kier molecular flexibility index (Phi) is 1960. The fourth-order valence-corrected chi connectivity index (χ4v) is 0. The molecule has 0 saturated heterocycles. The van der Waals surface area contributed by atoms with E-state index in [1.807, 2.05) is 0 Å². The fraction of sp³-hybridized carbons (Fsp3) is 0. The summed E-state index contributed by atoms with van der Waals surface area (Å²) in [5.41, 5.74) is 0. The van der Waals surface area contributed by atoms with Crippen LogP contribution in [0.3, 0.4) is 0 Å². The van der Waals surface area contributed by atoms with E-state index in [2.05, 4.69) is 0 Å². The molecule has 0 saturated carbocycles. The summed E-state index contributed by atoms with van der Waals surface area (Å²) in [6.07, 6.45) is 0. The van der Waals surface area contributed by atoms with Gasteiger partial charge in [-0.2, -0.15) is 0 Å². The molecule has 56 valence electrons. The third-order valence-corrected chi connectivity index (χ3v) is 0. The zero-order chi connectivity index (χ0) is 0. The van der Waals surface area contributed by atoms with Crippen molar-refractivity contribution < 1.29 is 184 Å². The molecule has 13 heteroatoms. The van der Waals surface area contributed by atoms with Crippen LogP contribution in [0.5, 0.6) is 0 Å². The van der Waals surface area contributed by atoms with Crippen LogP contribution in [0.1, 0.15) is 0 Å². The van der Waals surface area contributed by atoms with Gasteiger partial charge in [0.15, 0.2) is 0 Å². The standard InChI is InChI=1S/3Hf.3La.7N/q3*+4;3*+3;7*-3. The summed E-state index contributed by atoms with van der Waals surface area (Å²) in [6, 6.07) is 0. The molecule has 0 amide bonds. The largest absolute Gasteiger partial charge is 4.00 e. The molecule has 0 N–H and O–H groups in total. The van der Waals surface area contributed by atoms with Gasteiger partial charge in [0.25, 0.3) is 0 Å². The quantitative estimate of drug-likeness (QED) is 0.319. The minimum Gasteiger partial charge on any atom is -3.00 e. The molecule has 0 aliphatic heterocycles. The van der Waals surface area contributed by atoms with Crippen LogP contribution in [0.15, 0.2) is 0 Å². The van der Waals surface area contributed by atoms with Gasteiger partial charge in [0.2, 0.25) is 0 Å². The zero-order valence-corrected chi connectivity index (χ0v) is 28.0. The van der Waals surface area contributed by atoms with Crippen LogP contribution in [0.2, 0.25) is 0 Å². The van der Waals surface area contributed by atoms with E-state index in [-0.39, 0.29) is 227 Å². The van der Waals surface area contributed by atoms with Crippen LogP contribution >= 0.6 is 0 Å². The molecule has 0 atom stereocenters. The molecule has 0 radical (unpaired) electrons. The predicted octanol–water partition coefficient (Wildman–Crippen LogP) is 2.01. The topological polar surface area (TPSA) is 214 Å². The van der Waals surface area contributed by atoms with Crippen molar-refractivity contribution >= 4 is 0 Å². The van der Waals surface area contributed by atoms with Gasteiger partial charge in [-0.05, 0) is 0 Å². The van der Waals surface area contributed by atoms with E-state index in [9.17, 15) is 0 Å². The van der Waals surface area contributed by atoms with Crippen molar-refractivity contribution in [3.05, 3.63) is 43.1 Å².